The van der Waals surface area contributed by atoms with Crippen LogP contribution in [0, 0.1) is 13.8 Å². The molecular weight excluding hydrogens is 300 g/mol. The number of rotatable bonds is 3. The average Bonchev–Trinajstić information content (AvgIpc) is 3.24. The predicted molar refractivity (Wildman–Crippen MR) is 96.0 cm³/mol. The van der Waals surface area contributed by atoms with Crippen molar-refractivity contribution < 1.29 is 4.74 Å². The molecule has 0 amide bonds. The maximum Gasteiger partial charge on any atom is 0.146 e. The third-order valence-corrected chi connectivity index (χ3v) is 4.15. The first-order valence-corrected chi connectivity index (χ1v) is 7.80. The normalized spacial score (nSPS) is 15.9. The Labute approximate surface area is 139 Å². The summed E-state index contributed by atoms with van der Waals surface area (Å²) in [4.78, 5) is 15.6. The Morgan fingerprint density at radius 3 is 2.75 bits per heavy atom. The van der Waals surface area contributed by atoms with Gasteiger partial charge in [-0.1, -0.05) is 0 Å². The molecule has 120 valence electrons. The lowest BCUT2D eigenvalue weighted by Gasteiger charge is -2.01. The molecule has 2 N–H and O–H groups in total. The molecule has 0 saturated carbocycles. The Balaban J connectivity index is 1.77. The topological polar surface area (TPSA) is 66.1 Å². The summed E-state index contributed by atoms with van der Waals surface area (Å²) in [6.45, 7) is 4.13. The Hall–Kier alpha value is -3.08. The van der Waals surface area contributed by atoms with Gasteiger partial charge in [0.15, 0.2) is 0 Å². The van der Waals surface area contributed by atoms with Crippen molar-refractivity contribution in [3.63, 3.8) is 0 Å². The van der Waals surface area contributed by atoms with Gasteiger partial charge in [-0.25, -0.2) is 4.99 Å². The number of methoxy groups -OCH3 is 1. The van der Waals surface area contributed by atoms with E-state index in [0.717, 1.165) is 45.2 Å². The summed E-state index contributed by atoms with van der Waals surface area (Å²) in [7, 11) is 1.67. The number of nitrogens with zero attached hydrogens (tertiary/aromatic N) is 2. The molecule has 3 aromatic heterocycles. The molecule has 0 atom stereocenters. The zero-order chi connectivity index (χ0) is 16.7. The molecule has 0 saturated heterocycles. The van der Waals surface area contributed by atoms with E-state index >= 15 is 0 Å². The SMILES string of the molecule is COC1=CC(c2cc3ccncc3[nH]2)=NC1=Cc1[nH]c(C)cc1C. The Morgan fingerprint density at radius 2 is 2.04 bits per heavy atom. The lowest BCUT2D eigenvalue weighted by Crippen LogP contribution is -1.93. The van der Waals surface area contributed by atoms with Crippen molar-refractivity contribution in [3.05, 3.63) is 70.8 Å². The molecule has 0 aromatic carbocycles. The number of ether oxygens (including phenoxy) is 1. The third kappa shape index (κ3) is 2.44. The maximum atomic E-state index is 5.51. The summed E-state index contributed by atoms with van der Waals surface area (Å²) in [6.07, 6.45) is 7.58. The molecule has 0 aliphatic carbocycles. The minimum atomic E-state index is 0.758. The molecule has 5 nitrogen and oxygen atoms in total. The van der Waals surface area contributed by atoms with E-state index in [2.05, 4.69) is 34.0 Å². The van der Waals surface area contributed by atoms with Crippen LogP contribution in [-0.2, 0) is 4.74 Å². The smallest absolute Gasteiger partial charge is 0.146 e. The van der Waals surface area contributed by atoms with Crippen molar-refractivity contribution in [2.75, 3.05) is 7.11 Å². The van der Waals surface area contributed by atoms with E-state index in [4.69, 9.17) is 9.73 Å². The van der Waals surface area contributed by atoms with Gasteiger partial charge in [0, 0.05) is 29.0 Å². The molecule has 1 aliphatic heterocycles. The molecule has 0 spiro atoms. The first kappa shape index (κ1) is 14.5. The summed E-state index contributed by atoms with van der Waals surface area (Å²) in [5.74, 6) is 0.758. The van der Waals surface area contributed by atoms with Gasteiger partial charge in [-0.2, -0.15) is 0 Å². The van der Waals surface area contributed by atoms with Crippen LogP contribution in [-0.4, -0.2) is 27.8 Å². The number of hydrogen-bond acceptors (Lipinski definition) is 3. The second kappa shape index (κ2) is 5.53. The number of nitrogens with one attached hydrogen (secondary N) is 2. The highest BCUT2D eigenvalue weighted by molar-refractivity contribution is 6.13. The van der Waals surface area contributed by atoms with Crippen LogP contribution < -0.4 is 0 Å². The lowest BCUT2D eigenvalue weighted by atomic mass is 10.2. The highest BCUT2D eigenvalue weighted by atomic mass is 16.5. The Kier molecular flexibility index (Phi) is 3.34. The fraction of sp³-hybridized carbons (Fsp3) is 0.158. The van der Waals surface area contributed by atoms with Crippen LogP contribution in [0.3, 0.4) is 0 Å². The van der Waals surface area contributed by atoms with Gasteiger partial charge in [-0.15, -0.1) is 0 Å². The van der Waals surface area contributed by atoms with Crippen LogP contribution in [0.1, 0.15) is 22.6 Å². The number of aromatic amines is 2. The molecule has 4 rings (SSSR count). The molecule has 24 heavy (non-hydrogen) atoms. The van der Waals surface area contributed by atoms with Crippen molar-refractivity contribution >= 4 is 22.7 Å². The summed E-state index contributed by atoms with van der Waals surface area (Å²) in [5.41, 5.74) is 7.00. The summed E-state index contributed by atoms with van der Waals surface area (Å²) >= 11 is 0. The number of aromatic nitrogens is 3. The van der Waals surface area contributed by atoms with Crippen LogP contribution in [0.2, 0.25) is 0 Å². The molecule has 3 aromatic rings. The molecular formula is C19H18N4O. The maximum absolute atomic E-state index is 5.51. The first-order valence-electron chi connectivity index (χ1n) is 7.80. The zero-order valence-corrected chi connectivity index (χ0v) is 13.8. The standard InChI is InChI=1S/C19H18N4O/c1-11-6-12(2)21-14(11)8-17-19(24-3)9-16(22-17)15-7-13-4-5-20-10-18(13)23-15/h4-10,21,23H,1-3H3. The largest absolute Gasteiger partial charge is 0.494 e. The molecule has 4 heterocycles. The highest BCUT2D eigenvalue weighted by Crippen LogP contribution is 2.26. The quantitative estimate of drug-likeness (QED) is 0.769. The predicted octanol–water partition coefficient (Wildman–Crippen LogP) is 3.88. The lowest BCUT2D eigenvalue weighted by molar-refractivity contribution is 0.303. The van der Waals surface area contributed by atoms with Crippen LogP contribution in [0.5, 0.6) is 0 Å². The molecule has 1 aliphatic rings. The highest BCUT2D eigenvalue weighted by Gasteiger charge is 2.18. The van der Waals surface area contributed by atoms with E-state index in [0.29, 0.717) is 0 Å². The second-order valence-corrected chi connectivity index (χ2v) is 5.93. The van der Waals surface area contributed by atoms with Gasteiger partial charge in [-0.3, -0.25) is 4.98 Å². The molecule has 0 bridgehead atoms. The molecule has 0 fully saturated rings. The van der Waals surface area contributed by atoms with Crippen molar-refractivity contribution in [1.82, 2.24) is 15.0 Å². The van der Waals surface area contributed by atoms with Crippen molar-refractivity contribution in [1.29, 1.82) is 0 Å². The van der Waals surface area contributed by atoms with Gasteiger partial charge >= 0.3 is 0 Å². The van der Waals surface area contributed by atoms with Crippen molar-refractivity contribution in [2.24, 2.45) is 4.99 Å². The Morgan fingerprint density at radius 1 is 1.17 bits per heavy atom. The van der Waals surface area contributed by atoms with Gasteiger partial charge in [-0.05, 0) is 43.7 Å². The zero-order valence-electron chi connectivity index (χ0n) is 13.8. The van der Waals surface area contributed by atoms with E-state index in [-0.39, 0.29) is 0 Å². The van der Waals surface area contributed by atoms with E-state index in [1.54, 1.807) is 13.3 Å². The Bertz CT molecular complexity index is 984. The minimum absolute atomic E-state index is 0.758. The number of pyridine rings is 1. The number of aliphatic imine (C=N–C) groups is 1. The van der Waals surface area contributed by atoms with Gasteiger partial charge in [0.25, 0.3) is 0 Å². The number of aryl methyl sites for hydroxylation is 2. The van der Waals surface area contributed by atoms with Gasteiger partial charge in [0.2, 0.25) is 0 Å². The van der Waals surface area contributed by atoms with Crippen LogP contribution in [0.4, 0.5) is 0 Å². The van der Waals surface area contributed by atoms with Gasteiger partial charge < -0.3 is 14.7 Å². The van der Waals surface area contributed by atoms with Crippen LogP contribution >= 0.6 is 0 Å². The molecule has 5 heteroatoms. The number of H-pyrrole nitrogens is 2. The molecule has 0 unspecified atom stereocenters. The van der Waals surface area contributed by atoms with Crippen LogP contribution in [0.25, 0.3) is 17.0 Å². The number of hydrogen-bond donors (Lipinski definition) is 2. The van der Waals surface area contributed by atoms with Crippen molar-refractivity contribution in [2.45, 2.75) is 13.8 Å². The number of fused-ring (bicyclic) bond motifs is 1. The summed E-state index contributed by atoms with van der Waals surface area (Å²) in [5, 5.41) is 1.11. The van der Waals surface area contributed by atoms with E-state index in [9.17, 15) is 0 Å². The second-order valence-electron chi connectivity index (χ2n) is 5.93. The minimum Gasteiger partial charge on any atom is -0.494 e. The van der Waals surface area contributed by atoms with Crippen molar-refractivity contribution in [3.8, 4) is 0 Å². The van der Waals surface area contributed by atoms with Gasteiger partial charge in [0.05, 0.1) is 30.2 Å². The van der Waals surface area contributed by atoms with E-state index in [1.165, 1.54) is 5.56 Å². The van der Waals surface area contributed by atoms with Gasteiger partial charge in [0.1, 0.15) is 11.5 Å². The fourth-order valence-electron chi connectivity index (χ4n) is 2.97. The number of allylic oxidation sites excluding steroid dienone is 1. The van der Waals surface area contributed by atoms with E-state index < -0.39 is 0 Å². The summed E-state index contributed by atoms with van der Waals surface area (Å²) < 4.78 is 5.51. The average molecular weight is 318 g/mol. The first-order chi connectivity index (χ1) is 11.6. The van der Waals surface area contributed by atoms with Crippen LogP contribution in [0.15, 0.2) is 53.1 Å². The fourth-order valence-corrected chi connectivity index (χ4v) is 2.97. The third-order valence-electron chi connectivity index (χ3n) is 4.15. The molecule has 0 radical (unpaired) electrons. The van der Waals surface area contributed by atoms with E-state index in [1.807, 2.05) is 31.3 Å². The summed E-state index contributed by atoms with van der Waals surface area (Å²) in [6, 6.07) is 6.17. The monoisotopic (exact) mass is 318 g/mol.